The molecule has 2 atom stereocenters. The smallest absolute Gasteiger partial charge is 0.277 e. The molecule has 104 valence electrons. The molecule has 2 saturated heterocycles. The van der Waals surface area contributed by atoms with Gasteiger partial charge in [-0.2, -0.15) is 0 Å². The summed E-state index contributed by atoms with van der Waals surface area (Å²) in [5, 5.41) is 13.3. The van der Waals surface area contributed by atoms with Crippen LogP contribution in [-0.2, 0) is 0 Å². The van der Waals surface area contributed by atoms with Crippen molar-refractivity contribution in [2.75, 3.05) is 0 Å². The van der Waals surface area contributed by atoms with E-state index in [2.05, 4.69) is 15.5 Å². The van der Waals surface area contributed by atoms with Gasteiger partial charge in [-0.15, -0.1) is 10.2 Å². The first kappa shape index (κ1) is 12.4. The third kappa shape index (κ3) is 2.47. The molecular weight excluding hydrogens is 270 g/mol. The van der Waals surface area contributed by atoms with Gasteiger partial charge in [0.05, 0.1) is 0 Å². The Bertz CT molecular complexity index is 574. The van der Waals surface area contributed by atoms with Crippen molar-refractivity contribution < 1.29 is 4.42 Å². The van der Waals surface area contributed by atoms with E-state index in [4.69, 9.17) is 4.42 Å². The molecular formula is C15H17N3OS. The van der Waals surface area contributed by atoms with Gasteiger partial charge >= 0.3 is 0 Å². The van der Waals surface area contributed by atoms with Crippen LogP contribution < -0.4 is 5.32 Å². The van der Waals surface area contributed by atoms with Crippen LogP contribution in [0.2, 0.25) is 0 Å². The quantitative estimate of drug-likeness (QED) is 0.940. The highest BCUT2D eigenvalue weighted by Crippen LogP contribution is 2.37. The van der Waals surface area contributed by atoms with Crippen molar-refractivity contribution in [2.24, 2.45) is 0 Å². The number of hydrogen-bond acceptors (Lipinski definition) is 5. The third-order valence-electron chi connectivity index (χ3n) is 4.12. The van der Waals surface area contributed by atoms with Gasteiger partial charge in [-0.3, -0.25) is 0 Å². The standard InChI is InChI=1S/C15H17N3OS/c1-2-4-10(5-3-1)14-17-18-15(19-14)20-13-8-11-6-7-12(9-13)16-11/h1-5,11-13,16H,6-9H2/t11-,12-/m1/s1. The SMILES string of the molecule is c1ccc(-c2nnc(SC3C[C@H]4CC[C@H](C3)N4)o2)cc1. The van der Waals surface area contributed by atoms with Gasteiger partial charge in [0.2, 0.25) is 5.89 Å². The zero-order valence-corrected chi connectivity index (χ0v) is 12.0. The largest absolute Gasteiger partial charge is 0.411 e. The van der Waals surface area contributed by atoms with E-state index in [-0.39, 0.29) is 0 Å². The Balaban J connectivity index is 1.46. The molecule has 1 N–H and O–H groups in total. The minimum Gasteiger partial charge on any atom is -0.411 e. The Morgan fingerprint density at radius 1 is 1.05 bits per heavy atom. The van der Waals surface area contributed by atoms with E-state index in [0.717, 1.165) is 5.56 Å². The number of hydrogen-bond donors (Lipinski definition) is 1. The number of fused-ring (bicyclic) bond motifs is 2. The van der Waals surface area contributed by atoms with Crippen LogP contribution in [0.25, 0.3) is 11.5 Å². The minimum atomic E-state index is 0.609. The van der Waals surface area contributed by atoms with E-state index < -0.39 is 0 Å². The molecule has 0 aliphatic carbocycles. The lowest BCUT2D eigenvalue weighted by molar-refractivity contribution is 0.409. The molecule has 4 nitrogen and oxygen atoms in total. The van der Waals surface area contributed by atoms with Crippen LogP contribution in [0, 0.1) is 0 Å². The van der Waals surface area contributed by atoms with E-state index >= 15 is 0 Å². The van der Waals surface area contributed by atoms with Gasteiger partial charge in [0.1, 0.15) is 0 Å². The van der Waals surface area contributed by atoms with Crippen LogP contribution in [0.5, 0.6) is 0 Å². The van der Waals surface area contributed by atoms with Crippen LogP contribution >= 0.6 is 11.8 Å². The van der Waals surface area contributed by atoms with Gasteiger partial charge in [-0.25, -0.2) is 0 Å². The Kier molecular flexibility index (Phi) is 3.24. The first-order valence-corrected chi connectivity index (χ1v) is 8.06. The van der Waals surface area contributed by atoms with E-state index in [1.54, 1.807) is 11.8 Å². The maximum absolute atomic E-state index is 5.78. The van der Waals surface area contributed by atoms with Crippen molar-refractivity contribution in [2.45, 2.75) is 48.2 Å². The van der Waals surface area contributed by atoms with Crippen molar-refractivity contribution in [3.05, 3.63) is 30.3 Å². The summed E-state index contributed by atoms with van der Waals surface area (Å²) in [5.41, 5.74) is 0.984. The predicted molar refractivity (Wildman–Crippen MR) is 78.6 cm³/mol. The van der Waals surface area contributed by atoms with Gasteiger partial charge in [-0.1, -0.05) is 30.0 Å². The van der Waals surface area contributed by atoms with Crippen molar-refractivity contribution >= 4 is 11.8 Å². The number of thioether (sulfide) groups is 1. The van der Waals surface area contributed by atoms with Gasteiger partial charge in [-0.05, 0) is 37.8 Å². The first-order valence-electron chi connectivity index (χ1n) is 7.18. The molecule has 0 radical (unpaired) electrons. The summed E-state index contributed by atoms with van der Waals surface area (Å²) in [5.74, 6) is 0.616. The van der Waals surface area contributed by atoms with Gasteiger partial charge in [0, 0.05) is 22.9 Å². The summed E-state index contributed by atoms with van der Waals surface area (Å²) in [7, 11) is 0. The molecule has 4 rings (SSSR count). The van der Waals surface area contributed by atoms with Crippen LogP contribution in [0.1, 0.15) is 25.7 Å². The number of nitrogens with one attached hydrogen (secondary N) is 1. The summed E-state index contributed by atoms with van der Waals surface area (Å²) < 4.78 is 5.78. The number of aromatic nitrogens is 2. The maximum Gasteiger partial charge on any atom is 0.277 e. The van der Waals surface area contributed by atoms with Gasteiger partial charge < -0.3 is 9.73 Å². The molecule has 1 aromatic carbocycles. The predicted octanol–water partition coefficient (Wildman–Crippen LogP) is 3.11. The Morgan fingerprint density at radius 3 is 2.55 bits per heavy atom. The molecule has 0 amide bonds. The van der Waals surface area contributed by atoms with Crippen LogP contribution in [0.15, 0.2) is 40.0 Å². The summed E-state index contributed by atoms with van der Waals surface area (Å²) in [6.45, 7) is 0. The second-order valence-electron chi connectivity index (χ2n) is 5.59. The fourth-order valence-electron chi connectivity index (χ4n) is 3.20. The van der Waals surface area contributed by atoms with Crippen LogP contribution in [0.3, 0.4) is 0 Å². The lowest BCUT2D eigenvalue weighted by Crippen LogP contribution is -2.39. The Morgan fingerprint density at radius 2 is 1.80 bits per heavy atom. The summed E-state index contributed by atoms with van der Waals surface area (Å²) in [6, 6.07) is 11.3. The molecule has 2 bridgehead atoms. The zero-order valence-electron chi connectivity index (χ0n) is 11.2. The summed E-state index contributed by atoms with van der Waals surface area (Å²) >= 11 is 1.75. The zero-order chi connectivity index (χ0) is 13.4. The van der Waals surface area contributed by atoms with Crippen LogP contribution in [-0.4, -0.2) is 27.5 Å². The van der Waals surface area contributed by atoms with Crippen molar-refractivity contribution in [1.82, 2.24) is 15.5 Å². The molecule has 20 heavy (non-hydrogen) atoms. The topological polar surface area (TPSA) is 51.0 Å². The molecule has 5 heteroatoms. The highest BCUT2D eigenvalue weighted by atomic mass is 32.2. The van der Waals surface area contributed by atoms with Crippen LogP contribution in [0.4, 0.5) is 0 Å². The molecule has 2 aliphatic heterocycles. The molecule has 0 spiro atoms. The highest BCUT2D eigenvalue weighted by Gasteiger charge is 2.34. The van der Waals surface area contributed by atoms with E-state index in [0.29, 0.717) is 28.4 Å². The second-order valence-corrected chi connectivity index (χ2v) is 6.84. The molecule has 3 heterocycles. The second kappa shape index (κ2) is 5.22. The maximum atomic E-state index is 5.78. The minimum absolute atomic E-state index is 0.609. The number of rotatable bonds is 3. The molecule has 0 saturated carbocycles. The average molecular weight is 287 g/mol. The monoisotopic (exact) mass is 287 g/mol. The number of nitrogens with zero attached hydrogens (tertiary/aromatic N) is 2. The van der Waals surface area contributed by atoms with E-state index in [9.17, 15) is 0 Å². The molecule has 0 unspecified atom stereocenters. The Labute approximate surface area is 122 Å². The molecule has 2 aromatic rings. The molecule has 2 aliphatic rings. The van der Waals surface area contributed by atoms with E-state index in [1.165, 1.54) is 25.7 Å². The molecule has 1 aromatic heterocycles. The molecule has 2 fully saturated rings. The summed E-state index contributed by atoms with van der Waals surface area (Å²) in [4.78, 5) is 0. The lowest BCUT2D eigenvalue weighted by Gasteiger charge is -2.27. The summed E-state index contributed by atoms with van der Waals surface area (Å²) in [6.07, 6.45) is 5.07. The normalized spacial score (nSPS) is 28.7. The van der Waals surface area contributed by atoms with Gasteiger partial charge in [0.25, 0.3) is 5.22 Å². The average Bonchev–Trinajstić information content (AvgIpc) is 3.07. The fourth-order valence-corrected chi connectivity index (χ4v) is 4.36. The van der Waals surface area contributed by atoms with Gasteiger partial charge in [0.15, 0.2) is 0 Å². The lowest BCUT2D eigenvalue weighted by atomic mass is 10.1. The van der Waals surface area contributed by atoms with Crippen molar-refractivity contribution in [3.8, 4) is 11.5 Å². The third-order valence-corrected chi connectivity index (χ3v) is 5.21. The first-order chi connectivity index (χ1) is 9.87. The fraction of sp³-hybridized carbons (Fsp3) is 0.467. The van der Waals surface area contributed by atoms with Crippen molar-refractivity contribution in [1.29, 1.82) is 0 Å². The van der Waals surface area contributed by atoms with Crippen molar-refractivity contribution in [3.63, 3.8) is 0 Å². The number of piperidine rings is 1. The highest BCUT2D eigenvalue weighted by molar-refractivity contribution is 7.99. The Hall–Kier alpha value is -1.33. The van der Waals surface area contributed by atoms with E-state index in [1.807, 2.05) is 30.3 Å². The number of benzene rings is 1.